The summed E-state index contributed by atoms with van der Waals surface area (Å²) >= 11 is 1.50. The molecule has 90 valence electrons. The van der Waals surface area contributed by atoms with Gasteiger partial charge in [0.2, 0.25) is 0 Å². The van der Waals surface area contributed by atoms with Crippen molar-refractivity contribution in [1.82, 2.24) is 19.6 Å². The van der Waals surface area contributed by atoms with Crippen LogP contribution in [0, 0.1) is 6.92 Å². The van der Waals surface area contributed by atoms with Gasteiger partial charge in [-0.2, -0.15) is 25.9 Å². The molecule has 3 rings (SSSR count). The van der Waals surface area contributed by atoms with E-state index in [-0.39, 0.29) is 5.91 Å². The Hall–Kier alpha value is -2.28. The summed E-state index contributed by atoms with van der Waals surface area (Å²) in [6.45, 7) is 1.91. The van der Waals surface area contributed by atoms with Crippen molar-refractivity contribution in [1.29, 1.82) is 0 Å². The average molecular weight is 259 g/mol. The average Bonchev–Trinajstić information content (AvgIpc) is 2.97. The number of anilines is 1. The van der Waals surface area contributed by atoms with Crippen molar-refractivity contribution in [3.8, 4) is 0 Å². The zero-order chi connectivity index (χ0) is 12.5. The molecule has 3 aromatic rings. The minimum Gasteiger partial charge on any atom is -0.306 e. The number of aryl methyl sites for hydroxylation is 1. The third-order valence-electron chi connectivity index (χ3n) is 2.52. The monoisotopic (exact) mass is 259 g/mol. The van der Waals surface area contributed by atoms with Gasteiger partial charge in [-0.25, -0.2) is 4.98 Å². The molecular formula is C11H9N5OS. The summed E-state index contributed by atoms with van der Waals surface area (Å²) in [6, 6.07) is 1.68. The quantitative estimate of drug-likeness (QED) is 0.761. The number of nitrogens with one attached hydrogen (secondary N) is 1. The second kappa shape index (κ2) is 4.19. The van der Waals surface area contributed by atoms with Crippen LogP contribution in [0.1, 0.15) is 15.9 Å². The molecule has 3 heterocycles. The largest absolute Gasteiger partial charge is 0.306 e. The molecule has 0 unspecified atom stereocenters. The van der Waals surface area contributed by atoms with E-state index >= 15 is 0 Å². The molecule has 6 nitrogen and oxygen atoms in total. The second-order valence-electron chi connectivity index (χ2n) is 3.72. The number of hydrogen-bond acceptors (Lipinski definition) is 5. The SMILES string of the molecule is Cc1cscc1C(=O)Nc1ccnc2ncnn12. The molecule has 0 saturated carbocycles. The molecule has 0 aromatic carbocycles. The van der Waals surface area contributed by atoms with E-state index in [9.17, 15) is 4.79 Å². The van der Waals surface area contributed by atoms with Crippen molar-refractivity contribution in [2.45, 2.75) is 6.92 Å². The van der Waals surface area contributed by atoms with Crippen LogP contribution in [0.3, 0.4) is 0 Å². The lowest BCUT2D eigenvalue weighted by molar-refractivity contribution is 0.102. The topological polar surface area (TPSA) is 72.2 Å². The number of hydrogen-bond donors (Lipinski definition) is 1. The summed E-state index contributed by atoms with van der Waals surface area (Å²) in [7, 11) is 0. The van der Waals surface area contributed by atoms with Crippen LogP contribution in [0.15, 0.2) is 29.4 Å². The highest BCUT2D eigenvalue weighted by Gasteiger charge is 2.12. The van der Waals surface area contributed by atoms with Crippen molar-refractivity contribution in [2.75, 3.05) is 5.32 Å². The van der Waals surface area contributed by atoms with Crippen LogP contribution in [0.25, 0.3) is 5.78 Å². The fourth-order valence-corrected chi connectivity index (χ4v) is 2.44. The summed E-state index contributed by atoms with van der Waals surface area (Å²) in [4.78, 5) is 20.1. The van der Waals surface area contributed by atoms with Gasteiger partial charge in [-0.15, -0.1) is 0 Å². The maximum absolute atomic E-state index is 12.1. The maximum atomic E-state index is 12.1. The fourth-order valence-electron chi connectivity index (χ4n) is 1.61. The van der Waals surface area contributed by atoms with E-state index in [4.69, 9.17) is 0 Å². The Morgan fingerprint density at radius 1 is 1.39 bits per heavy atom. The van der Waals surface area contributed by atoms with Crippen molar-refractivity contribution >= 4 is 28.8 Å². The molecule has 18 heavy (non-hydrogen) atoms. The summed E-state index contributed by atoms with van der Waals surface area (Å²) in [6.07, 6.45) is 2.98. The molecule has 0 saturated heterocycles. The zero-order valence-electron chi connectivity index (χ0n) is 9.49. The highest BCUT2D eigenvalue weighted by atomic mass is 32.1. The van der Waals surface area contributed by atoms with E-state index in [0.717, 1.165) is 5.56 Å². The van der Waals surface area contributed by atoms with E-state index < -0.39 is 0 Å². The van der Waals surface area contributed by atoms with Gasteiger partial charge in [0.15, 0.2) is 0 Å². The number of carbonyl (C=O) groups excluding carboxylic acids is 1. The number of nitrogens with zero attached hydrogens (tertiary/aromatic N) is 4. The first-order chi connectivity index (χ1) is 8.75. The van der Waals surface area contributed by atoms with Crippen molar-refractivity contribution in [3.63, 3.8) is 0 Å². The number of carbonyl (C=O) groups is 1. The van der Waals surface area contributed by atoms with E-state index in [1.54, 1.807) is 12.3 Å². The van der Waals surface area contributed by atoms with Gasteiger partial charge < -0.3 is 5.32 Å². The summed E-state index contributed by atoms with van der Waals surface area (Å²) in [5.74, 6) is 0.847. The maximum Gasteiger partial charge on any atom is 0.257 e. The van der Waals surface area contributed by atoms with Crippen LogP contribution < -0.4 is 5.32 Å². The molecule has 0 aliphatic carbocycles. The molecule has 1 N–H and O–H groups in total. The van der Waals surface area contributed by atoms with Gasteiger partial charge in [0.1, 0.15) is 12.1 Å². The van der Waals surface area contributed by atoms with Crippen LogP contribution >= 0.6 is 11.3 Å². The smallest absolute Gasteiger partial charge is 0.257 e. The van der Waals surface area contributed by atoms with E-state index in [0.29, 0.717) is 17.2 Å². The predicted octanol–water partition coefficient (Wildman–Crippen LogP) is 1.75. The molecule has 0 radical (unpaired) electrons. The number of amides is 1. The van der Waals surface area contributed by atoms with Crippen molar-refractivity contribution in [3.05, 3.63) is 40.5 Å². The molecule has 0 fully saturated rings. The molecule has 0 spiro atoms. The normalized spacial score (nSPS) is 10.7. The summed E-state index contributed by atoms with van der Waals surface area (Å²) in [5.41, 5.74) is 1.63. The molecule has 7 heteroatoms. The molecular weight excluding hydrogens is 250 g/mol. The fraction of sp³-hybridized carbons (Fsp3) is 0.0909. The Morgan fingerprint density at radius 2 is 2.28 bits per heavy atom. The van der Waals surface area contributed by atoms with Crippen LogP contribution in [0.5, 0.6) is 0 Å². The van der Waals surface area contributed by atoms with Gasteiger partial charge in [0.25, 0.3) is 11.7 Å². The standard InChI is InChI=1S/C11H9N5OS/c1-7-4-18-5-8(7)10(17)15-9-2-3-12-11-13-6-14-16(9)11/h2-6H,1H3,(H,15,17). The summed E-state index contributed by atoms with van der Waals surface area (Å²) < 4.78 is 1.49. The lowest BCUT2D eigenvalue weighted by Gasteiger charge is -2.05. The van der Waals surface area contributed by atoms with Gasteiger partial charge in [0.05, 0.1) is 5.56 Å². The number of thiophene rings is 1. The Balaban J connectivity index is 1.95. The van der Waals surface area contributed by atoms with Crippen LogP contribution in [-0.2, 0) is 0 Å². The van der Waals surface area contributed by atoms with E-state index in [1.165, 1.54) is 22.2 Å². The lowest BCUT2D eigenvalue weighted by Crippen LogP contribution is -2.15. The number of aromatic nitrogens is 4. The van der Waals surface area contributed by atoms with Gasteiger partial charge in [-0.1, -0.05) is 0 Å². The third kappa shape index (κ3) is 1.74. The van der Waals surface area contributed by atoms with Crippen molar-refractivity contribution in [2.24, 2.45) is 0 Å². The van der Waals surface area contributed by atoms with Gasteiger partial charge >= 0.3 is 0 Å². The van der Waals surface area contributed by atoms with Gasteiger partial charge in [-0.3, -0.25) is 4.79 Å². The van der Waals surface area contributed by atoms with Gasteiger partial charge in [0, 0.05) is 11.6 Å². The molecule has 3 aromatic heterocycles. The van der Waals surface area contributed by atoms with Crippen molar-refractivity contribution < 1.29 is 4.79 Å². The van der Waals surface area contributed by atoms with Crippen LogP contribution in [0.2, 0.25) is 0 Å². The second-order valence-corrected chi connectivity index (χ2v) is 4.47. The minimum atomic E-state index is -0.156. The molecule has 0 aliphatic rings. The molecule has 0 bridgehead atoms. The number of rotatable bonds is 2. The van der Waals surface area contributed by atoms with E-state index in [1.807, 2.05) is 17.7 Å². The highest BCUT2D eigenvalue weighted by molar-refractivity contribution is 7.08. The Kier molecular flexibility index (Phi) is 2.52. The predicted molar refractivity (Wildman–Crippen MR) is 67.8 cm³/mol. The Bertz CT molecular complexity index is 717. The van der Waals surface area contributed by atoms with Gasteiger partial charge in [-0.05, 0) is 23.9 Å². The zero-order valence-corrected chi connectivity index (χ0v) is 10.3. The first-order valence-corrected chi connectivity index (χ1v) is 6.19. The molecule has 0 atom stereocenters. The minimum absolute atomic E-state index is 0.156. The third-order valence-corrected chi connectivity index (χ3v) is 3.38. The Labute approximate surface area is 106 Å². The lowest BCUT2D eigenvalue weighted by atomic mass is 10.2. The first-order valence-electron chi connectivity index (χ1n) is 5.24. The van der Waals surface area contributed by atoms with Crippen LogP contribution in [-0.4, -0.2) is 25.5 Å². The van der Waals surface area contributed by atoms with Crippen LogP contribution in [0.4, 0.5) is 5.82 Å². The summed E-state index contributed by atoms with van der Waals surface area (Å²) in [5, 5.41) is 10.6. The first kappa shape index (κ1) is 10.8. The molecule has 1 amide bonds. The molecule has 0 aliphatic heterocycles. The Morgan fingerprint density at radius 3 is 3.06 bits per heavy atom. The highest BCUT2D eigenvalue weighted by Crippen LogP contribution is 2.16. The van der Waals surface area contributed by atoms with E-state index in [2.05, 4.69) is 20.4 Å². The number of fused-ring (bicyclic) bond motifs is 1.